The fraction of sp³-hybridized carbons (Fsp3) is 0.444. The molecule has 0 unspecified atom stereocenters. The topological polar surface area (TPSA) is 156 Å². The number of carbonyl (C=O) groups excluding carboxylic acids is 1. The molecular weight excluding hydrogens is 290 g/mol. The smallest absolute Gasteiger partial charge is 0.325 e. The Morgan fingerprint density at radius 3 is 2.75 bits per heavy atom. The number of hydrogen-bond donors (Lipinski definition) is 4. The van der Waals surface area contributed by atoms with E-state index in [4.69, 9.17) is 10.2 Å². The van der Waals surface area contributed by atoms with Crippen molar-refractivity contribution in [2.75, 3.05) is 17.6 Å². The minimum atomic E-state index is -3.53. The molecule has 0 bridgehead atoms. The van der Waals surface area contributed by atoms with Gasteiger partial charge in [0, 0.05) is 12.7 Å². The van der Waals surface area contributed by atoms with Crippen molar-refractivity contribution in [1.82, 2.24) is 15.1 Å². The average molecular weight is 305 g/mol. The monoisotopic (exact) mass is 305 g/mol. The van der Waals surface area contributed by atoms with E-state index in [0.717, 1.165) is 4.68 Å². The number of urea groups is 1. The SMILES string of the molecule is NS(=O)(=O)CCCNC(=O)Nc1cnn(CC(=O)O)c1. The van der Waals surface area contributed by atoms with Crippen LogP contribution in [0.4, 0.5) is 10.5 Å². The summed E-state index contributed by atoms with van der Waals surface area (Å²) in [6.45, 7) is -0.164. The van der Waals surface area contributed by atoms with Gasteiger partial charge in [-0.1, -0.05) is 0 Å². The van der Waals surface area contributed by atoms with Crippen LogP contribution >= 0.6 is 0 Å². The van der Waals surface area contributed by atoms with Gasteiger partial charge in [0.15, 0.2) is 0 Å². The molecule has 1 aromatic rings. The third kappa shape index (κ3) is 6.70. The van der Waals surface area contributed by atoms with Crippen molar-refractivity contribution in [2.24, 2.45) is 5.14 Å². The molecule has 0 aromatic carbocycles. The van der Waals surface area contributed by atoms with Gasteiger partial charge in [0.1, 0.15) is 6.54 Å². The lowest BCUT2D eigenvalue weighted by atomic mass is 10.5. The number of nitrogens with zero attached hydrogens (tertiary/aromatic N) is 2. The average Bonchev–Trinajstić information content (AvgIpc) is 2.69. The third-order valence-corrected chi connectivity index (χ3v) is 2.94. The standard InChI is InChI=1S/C9H15N5O5S/c10-20(18,19)3-1-2-11-9(17)13-7-4-12-14(5-7)6-8(15)16/h4-5H,1-3,6H2,(H,15,16)(H2,10,18,19)(H2,11,13,17). The fourth-order valence-electron chi connectivity index (χ4n) is 1.30. The Morgan fingerprint density at radius 2 is 2.15 bits per heavy atom. The van der Waals surface area contributed by atoms with E-state index in [2.05, 4.69) is 15.7 Å². The van der Waals surface area contributed by atoms with E-state index < -0.39 is 22.0 Å². The number of nitrogens with two attached hydrogens (primary N) is 1. The zero-order valence-electron chi connectivity index (χ0n) is 10.4. The number of carbonyl (C=O) groups is 2. The molecule has 0 saturated carbocycles. The lowest BCUT2D eigenvalue weighted by molar-refractivity contribution is -0.137. The van der Waals surface area contributed by atoms with Crippen LogP contribution in [-0.4, -0.2) is 47.6 Å². The molecule has 112 valence electrons. The Kier molecular flexibility index (Phi) is 5.46. The van der Waals surface area contributed by atoms with E-state index in [1.54, 1.807) is 0 Å². The largest absolute Gasteiger partial charge is 0.480 e. The molecule has 20 heavy (non-hydrogen) atoms. The normalized spacial score (nSPS) is 11.1. The number of aromatic nitrogens is 2. The molecule has 1 rings (SSSR count). The second-order valence-corrected chi connectivity index (χ2v) is 5.66. The molecule has 0 aliphatic heterocycles. The van der Waals surface area contributed by atoms with Crippen LogP contribution in [0.1, 0.15) is 6.42 Å². The zero-order valence-corrected chi connectivity index (χ0v) is 11.3. The van der Waals surface area contributed by atoms with E-state index in [9.17, 15) is 18.0 Å². The molecule has 0 radical (unpaired) electrons. The molecule has 0 fully saturated rings. The van der Waals surface area contributed by atoms with Crippen molar-refractivity contribution in [3.05, 3.63) is 12.4 Å². The number of amides is 2. The van der Waals surface area contributed by atoms with E-state index in [1.807, 2.05) is 0 Å². The molecule has 10 nitrogen and oxygen atoms in total. The van der Waals surface area contributed by atoms with Gasteiger partial charge in [-0.3, -0.25) is 9.48 Å². The molecule has 0 spiro atoms. The Bertz CT molecular complexity index is 581. The molecule has 1 heterocycles. The summed E-state index contributed by atoms with van der Waals surface area (Å²) in [5, 5.41) is 21.9. The maximum absolute atomic E-state index is 11.4. The third-order valence-electron chi connectivity index (χ3n) is 2.08. The number of primary sulfonamides is 1. The number of sulfonamides is 1. The molecule has 0 atom stereocenters. The van der Waals surface area contributed by atoms with Crippen LogP contribution in [0.3, 0.4) is 0 Å². The van der Waals surface area contributed by atoms with Crippen LogP contribution in [-0.2, 0) is 21.4 Å². The van der Waals surface area contributed by atoms with Crippen LogP contribution < -0.4 is 15.8 Å². The van der Waals surface area contributed by atoms with Crippen LogP contribution in [0.25, 0.3) is 0 Å². The highest BCUT2D eigenvalue weighted by Crippen LogP contribution is 2.04. The summed E-state index contributed by atoms with van der Waals surface area (Å²) in [6.07, 6.45) is 2.86. The molecule has 5 N–H and O–H groups in total. The molecule has 0 aliphatic carbocycles. The number of nitrogens with one attached hydrogen (secondary N) is 2. The molecule has 0 saturated heterocycles. The van der Waals surface area contributed by atoms with Gasteiger partial charge in [-0.15, -0.1) is 0 Å². The first-order chi connectivity index (χ1) is 9.26. The highest BCUT2D eigenvalue weighted by atomic mass is 32.2. The van der Waals surface area contributed by atoms with Crippen LogP contribution in [0.5, 0.6) is 0 Å². The first-order valence-corrected chi connectivity index (χ1v) is 7.27. The minimum Gasteiger partial charge on any atom is -0.480 e. The van der Waals surface area contributed by atoms with Crippen LogP contribution in [0.2, 0.25) is 0 Å². The van der Waals surface area contributed by atoms with Crippen molar-refractivity contribution < 1.29 is 23.1 Å². The maximum Gasteiger partial charge on any atom is 0.325 e. The molecule has 2 amide bonds. The lowest BCUT2D eigenvalue weighted by Crippen LogP contribution is -2.31. The van der Waals surface area contributed by atoms with Crippen LogP contribution in [0, 0.1) is 0 Å². The number of carboxylic acid groups (broad SMARTS) is 1. The van der Waals surface area contributed by atoms with Crippen molar-refractivity contribution >= 4 is 27.7 Å². The maximum atomic E-state index is 11.4. The van der Waals surface area contributed by atoms with Crippen molar-refractivity contribution in [3.8, 4) is 0 Å². The predicted octanol–water partition coefficient (Wildman–Crippen LogP) is -1.23. The van der Waals surface area contributed by atoms with Gasteiger partial charge in [0.05, 0.1) is 17.6 Å². The predicted molar refractivity (Wildman–Crippen MR) is 69.5 cm³/mol. The molecule has 0 aliphatic rings. The summed E-state index contributed by atoms with van der Waals surface area (Å²) >= 11 is 0. The van der Waals surface area contributed by atoms with Gasteiger partial charge in [-0.2, -0.15) is 5.10 Å². The van der Waals surface area contributed by atoms with E-state index in [-0.39, 0.29) is 25.3 Å². The highest BCUT2D eigenvalue weighted by molar-refractivity contribution is 7.89. The van der Waals surface area contributed by atoms with Crippen molar-refractivity contribution in [3.63, 3.8) is 0 Å². The van der Waals surface area contributed by atoms with Gasteiger partial charge < -0.3 is 15.7 Å². The van der Waals surface area contributed by atoms with Crippen molar-refractivity contribution in [1.29, 1.82) is 0 Å². The van der Waals surface area contributed by atoms with E-state index in [1.165, 1.54) is 12.4 Å². The highest BCUT2D eigenvalue weighted by Gasteiger charge is 2.07. The zero-order chi connectivity index (χ0) is 15.2. The van der Waals surface area contributed by atoms with E-state index in [0.29, 0.717) is 5.69 Å². The van der Waals surface area contributed by atoms with Gasteiger partial charge in [0.2, 0.25) is 10.0 Å². The lowest BCUT2D eigenvalue weighted by Gasteiger charge is -2.05. The fourth-order valence-corrected chi connectivity index (χ4v) is 1.85. The number of aliphatic carboxylic acids is 1. The Hall–Kier alpha value is -2.14. The molecular formula is C9H15N5O5S. The number of hydrogen-bond acceptors (Lipinski definition) is 5. The Morgan fingerprint density at radius 1 is 1.45 bits per heavy atom. The van der Waals surface area contributed by atoms with Gasteiger partial charge in [0.25, 0.3) is 0 Å². The van der Waals surface area contributed by atoms with Crippen molar-refractivity contribution in [2.45, 2.75) is 13.0 Å². The van der Waals surface area contributed by atoms with Gasteiger partial charge in [-0.05, 0) is 6.42 Å². The molecule has 1 aromatic heterocycles. The number of carboxylic acids is 1. The summed E-state index contributed by atoms with van der Waals surface area (Å²) in [5.74, 6) is -1.27. The number of rotatable bonds is 7. The quantitative estimate of drug-likeness (QED) is 0.462. The summed E-state index contributed by atoms with van der Waals surface area (Å²) in [6, 6.07) is -0.547. The first-order valence-electron chi connectivity index (χ1n) is 5.56. The summed E-state index contributed by atoms with van der Waals surface area (Å²) in [7, 11) is -3.53. The summed E-state index contributed by atoms with van der Waals surface area (Å²) < 4.78 is 22.4. The molecule has 11 heteroatoms. The number of anilines is 1. The second kappa shape index (κ2) is 6.86. The minimum absolute atomic E-state index is 0.144. The van der Waals surface area contributed by atoms with Gasteiger partial charge >= 0.3 is 12.0 Å². The summed E-state index contributed by atoms with van der Waals surface area (Å²) in [4.78, 5) is 21.8. The van der Waals surface area contributed by atoms with Crippen LogP contribution in [0.15, 0.2) is 12.4 Å². The first kappa shape index (κ1) is 15.9. The second-order valence-electron chi connectivity index (χ2n) is 3.92. The Labute approximate surface area is 115 Å². The summed E-state index contributed by atoms with van der Waals surface area (Å²) in [5.41, 5.74) is 0.329. The van der Waals surface area contributed by atoms with Gasteiger partial charge in [-0.25, -0.2) is 18.4 Å². The van der Waals surface area contributed by atoms with E-state index >= 15 is 0 Å². The Balaban J connectivity index is 2.32.